The van der Waals surface area contributed by atoms with Gasteiger partial charge in [-0.2, -0.15) is 0 Å². The topological polar surface area (TPSA) is 17.1 Å². The maximum absolute atomic E-state index is 13.1. The van der Waals surface area contributed by atoms with Gasteiger partial charge in [0.05, 0.1) is 0 Å². The molecule has 1 saturated carbocycles. The zero-order chi connectivity index (χ0) is 12.3. The second-order valence-corrected chi connectivity index (χ2v) is 5.01. The highest BCUT2D eigenvalue weighted by Gasteiger charge is 2.27. The first kappa shape index (κ1) is 12.3. The van der Waals surface area contributed by atoms with E-state index in [1.165, 1.54) is 18.6 Å². The SMILES string of the molecule is CCC1CCCC(C(=O)c2cccc(F)c2)C1. The minimum Gasteiger partial charge on any atom is -0.294 e. The third-order valence-electron chi connectivity index (χ3n) is 3.84. The molecule has 0 amide bonds. The van der Waals surface area contributed by atoms with Crippen LogP contribution in [0.5, 0.6) is 0 Å². The van der Waals surface area contributed by atoms with Crippen LogP contribution in [0.2, 0.25) is 0 Å². The molecule has 0 spiro atoms. The third kappa shape index (κ3) is 2.93. The van der Waals surface area contributed by atoms with E-state index in [0.29, 0.717) is 11.5 Å². The summed E-state index contributed by atoms with van der Waals surface area (Å²) in [6.07, 6.45) is 5.46. The normalized spacial score (nSPS) is 24.6. The van der Waals surface area contributed by atoms with Crippen molar-refractivity contribution in [3.8, 4) is 0 Å². The van der Waals surface area contributed by atoms with Gasteiger partial charge in [-0.15, -0.1) is 0 Å². The van der Waals surface area contributed by atoms with E-state index in [4.69, 9.17) is 0 Å². The van der Waals surface area contributed by atoms with Crippen LogP contribution in [0.3, 0.4) is 0 Å². The van der Waals surface area contributed by atoms with Crippen LogP contribution in [0.15, 0.2) is 24.3 Å². The van der Waals surface area contributed by atoms with Crippen molar-refractivity contribution < 1.29 is 9.18 Å². The molecule has 0 saturated heterocycles. The Labute approximate surface area is 102 Å². The van der Waals surface area contributed by atoms with Crippen LogP contribution in [-0.4, -0.2) is 5.78 Å². The molecule has 0 N–H and O–H groups in total. The molecule has 2 atom stereocenters. The van der Waals surface area contributed by atoms with Gasteiger partial charge in [0.2, 0.25) is 0 Å². The van der Waals surface area contributed by atoms with Gasteiger partial charge in [0.25, 0.3) is 0 Å². The average molecular weight is 234 g/mol. The van der Waals surface area contributed by atoms with Gasteiger partial charge in [-0.1, -0.05) is 38.3 Å². The molecule has 92 valence electrons. The Kier molecular flexibility index (Phi) is 3.93. The molecule has 0 radical (unpaired) electrons. The largest absolute Gasteiger partial charge is 0.294 e. The van der Waals surface area contributed by atoms with Crippen LogP contribution >= 0.6 is 0 Å². The second kappa shape index (κ2) is 5.44. The molecular weight excluding hydrogens is 215 g/mol. The lowest BCUT2D eigenvalue weighted by atomic mass is 9.77. The lowest BCUT2D eigenvalue weighted by molar-refractivity contribution is 0.0861. The lowest BCUT2D eigenvalue weighted by Gasteiger charge is -2.27. The first-order valence-electron chi connectivity index (χ1n) is 6.50. The Hall–Kier alpha value is -1.18. The summed E-state index contributed by atoms with van der Waals surface area (Å²) in [5, 5.41) is 0. The number of carbonyl (C=O) groups excluding carboxylic acids is 1. The van der Waals surface area contributed by atoms with Gasteiger partial charge in [0.1, 0.15) is 5.82 Å². The molecule has 2 unspecified atom stereocenters. The fraction of sp³-hybridized carbons (Fsp3) is 0.533. The predicted octanol–water partition coefficient (Wildman–Crippen LogP) is 4.22. The van der Waals surface area contributed by atoms with Crippen LogP contribution in [-0.2, 0) is 0 Å². The Morgan fingerprint density at radius 3 is 2.94 bits per heavy atom. The number of rotatable bonds is 3. The van der Waals surface area contributed by atoms with Gasteiger partial charge in [-0.25, -0.2) is 4.39 Å². The maximum Gasteiger partial charge on any atom is 0.166 e. The molecule has 0 aromatic heterocycles. The Morgan fingerprint density at radius 2 is 2.24 bits per heavy atom. The number of benzene rings is 1. The molecule has 1 aromatic carbocycles. The molecule has 1 aliphatic rings. The van der Waals surface area contributed by atoms with E-state index in [9.17, 15) is 9.18 Å². The molecule has 2 rings (SSSR count). The molecule has 1 aliphatic carbocycles. The van der Waals surface area contributed by atoms with Crippen LogP contribution in [0.1, 0.15) is 49.4 Å². The first-order chi connectivity index (χ1) is 8.20. The predicted molar refractivity (Wildman–Crippen MR) is 66.5 cm³/mol. The lowest BCUT2D eigenvalue weighted by Crippen LogP contribution is -2.22. The van der Waals surface area contributed by atoms with Crippen LogP contribution in [0, 0.1) is 17.7 Å². The van der Waals surface area contributed by atoms with Gasteiger partial charge in [0.15, 0.2) is 5.78 Å². The Bertz CT molecular complexity index is 400. The molecule has 17 heavy (non-hydrogen) atoms. The number of hydrogen-bond donors (Lipinski definition) is 0. The average Bonchev–Trinajstić information content (AvgIpc) is 2.38. The van der Waals surface area contributed by atoms with Crippen molar-refractivity contribution in [2.75, 3.05) is 0 Å². The standard InChI is InChI=1S/C15H19FO/c1-2-11-5-3-6-12(9-11)15(17)13-7-4-8-14(16)10-13/h4,7-8,10-12H,2-3,5-6,9H2,1H3. The highest BCUT2D eigenvalue weighted by molar-refractivity contribution is 5.97. The van der Waals surface area contributed by atoms with Crippen molar-refractivity contribution in [3.05, 3.63) is 35.6 Å². The van der Waals surface area contributed by atoms with Gasteiger partial charge >= 0.3 is 0 Å². The van der Waals surface area contributed by atoms with E-state index >= 15 is 0 Å². The van der Waals surface area contributed by atoms with Gasteiger partial charge < -0.3 is 0 Å². The number of Topliss-reactive ketones (excluding diaryl/α,β-unsaturated/α-hetero) is 1. The van der Waals surface area contributed by atoms with Crippen LogP contribution in [0.4, 0.5) is 4.39 Å². The summed E-state index contributed by atoms with van der Waals surface area (Å²) >= 11 is 0. The Morgan fingerprint density at radius 1 is 1.41 bits per heavy atom. The molecule has 0 aliphatic heterocycles. The van der Waals surface area contributed by atoms with Gasteiger partial charge in [0, 0.05) is 11.5 Å². The first-order valence-corrected chi connectivity index (χ1v) is 6.50. The van der Waals surface area contributed by atoms with E-state index in [1.54, 1.807) is 12.1 Å². The van der Waals surface area contributed by atoms with E-state index in [-0.39, 0.29) is 17.5 Å². The quantitative estimate of drug-likeness (QED) is 0.715. The zero-order valence-corrected chi connectivity index (χ0v) is 10.3. The summed E-state index contributed by atoms with van der Waals surface area (Å²) in [6.45, 7) is 2.18. The Balaban J connectivity index is 2.09. The highest BCUT2D eigenvalue weighted by Crippen LogP contribution is 2.32. The fourth-order valence-electron chi connectivity index (χ4n) is 2.78. The van der Waals surface area contributed by atoms with Crippen molar-refractivity contribution >= 4 is 5.78 Å². The number of hydrogen-bond acceptors (Lipinski definition) is 1. The molecule has 0 bridgehead atoms. The van der Waals surface area contributed by atoms with Gasteiger partial charge in [-0.05, 0) is 30.9 Å². The molecule has 1 nitrogen and oxygen atoms in total. The summed E-state index contributed by atoms with van der Waals surface area (Å²) in [5.74, 6) is 0.586. The summed E-state index contributed by atoms with van der Waals surface area (Å²) in [4.78, 5) is 12.2. The van der Waals surface area contributed by atoms with Crippen molar-refractivity contribution in [1.29, 1.82) is 0 Å². The number of carbonyl (C=O) groups is 1. The minimum absolute atomic E-state index is 0.107. The van der Waals surface area contributed by atoms with Gasteiger partial charge in [-0.3, -0.25) is 4.79 Å². The fourth-order valence-corrected chi connectivity index (χ4v) is 2.78. The number of halogens is 1. The summed E-state index contributed by atoms with van der Waals surface area (Å²) in [5.41, 5.74) is 0.534. The number of ketones is 1. The second-order valence-electron chi connectivity index (χ2n) is 5.01. The summed E-state index contributed by atoms with van der Waals surface area (Å²) in [7, 11) is 0. The molecule has 1 fully saturated rings. The smallest absolute Gasteiger partial charge is 0.166 e. The van der Waals surface area contributed by atoms with E-state index < -0.39 is 0 Å². The van der Waals surface area contributed by atoms with Crippen molar-refractivity contribution in [3.63, 3.8) is 0 Å². The van der Waals surface area contributed by atoms with Crippen molar-refractivity contribution in [1.82, 2.24) is 0 Å². The molecular formula is C15H19FO. The van der Waals surface area contributed by atoms with Crippen LogP contribution < -0.4 is 0 Å². The van der Waals surface area contributed by atoms with Crippen molar-refractivity contribution in [2.45, 2.75) is 39.0 Å². The van der Waals surface area contributed by atoms with Crippen LogP contribution in [0.25, 0.3) is 0 Å². The summed E-state index contributed by atoms with van der Waals surface area (Å²) in [6, 6.07) is 6.08. The minimum atomic E-state index is -0.321. The summed E-state index contributed by atoms with van der Waals surface area (Å²) < 4.78 is 13.1. The maximum atomic E-state index is 13.1. The molecule has 2 heteroatoms. The van der Waals surface area contributed by atoms with E-state index in [1.807, 2.05) is 0 Å². The van der Waals surface area contributed by atoms with E-state index in [0.717, 1.165) is 25.7 Å². The monoisotopic (exact) mass is 234 g/mol. The van der Waals surface area contributed by atoms with Crippen molar-refractivity contribution in [2.24, 2.45) is 11.8 Å². The zero-order valence-electron chi connectivity index (χ0n) is 10.3. The molecule has 0 heterocycles. The molecule has 1 aromatic rings. The van der Waals surface area contributed by atoms with E-state index in [2.05, 4.69) is 6.92 Å². The highest BCUT2D eigenvalue weighted by atomic mass is 19.1. The third-order valence-corrected chi connectivity index (χ3v) is 3.84.